The Hall–Kier alpha value is -6.13. The van der Waals surface area contributed by atoms with Gasteiger partial charge in [0, 0.05) is 66.8 Å². The second-order valence-corrected chi connectivity index (χ2v) is 13.9. The molecule has 0 aromatic heterocycles. The van der Waals surface area contributed by atoms with Crippen LogP contribution in [-0.4, -0.2) is 118 Å². The lowest BCUT2D eigenvalue weighted by molar-refractivity contribution is -0.385. The average molecular weight is 752 g/mol. The minimum Gasteiger partial charge on any atom is -0.339 e. The van der Waals surface area contributed by atoms with Crippen molar-refractivity contribution < 1.29 is 33.8 Å². The van der Waals surface area contributed by atoms with Crippen LogP contribution in [0.4, 0.5) is 11.4 Å². The van der Waals surface area contributed by atoms with E-state index < -0.39 is 45.2 Å². The molecule has 2 aliphatic heterocycles. The van der Waals surface area contributed by atoms with Gasteiger partial charge in [0.2, 0.25) is 5.91 Å². The van der Waals surface area contributed by atoms with Gasteiger partial charge in [0.1, 0.15) is 11.1 Å². The van der Waals surface area contributed by atoms with Crippen molar-refractivity contribution in [2.75, 3.05) is 52.9 Å². The lowest BCUT2D eigenvalue weighted by atomic mass is 9.92. The van der Waals surface area contributed by atoms with Crippen molar-refractivity contribution in [2.45, 2.75) is 33.2 Å². The minimum atomic E-state index is -0.800. The number of nitrogens with zero attached hydrogens (tertiary/aromatic N) is 6. The molecule has 6 rings (SSSR count). The Morgan fingerprint density at radius 1 is 0.709 bits per heavy atom. The number of amides is 5. The number of carbonyl (C=O) groups excluding carboxylic acids is 5. The summed E-state index contributed by atoms with van der Waals surface area (Å²) in [6.45, 7) is 6.90. The van der Waals surface area contributed by atoms with E-state index in [1.165, 1.54) is 30.3 Å². The molecule has 4 aromatic rings. The van der Waals surface area contributed by atoms with Crippen LogP contribution in [0.5, 0.6) is 0 Å². The van der Waals surface area contributed by atoms with Crippen molar-refractivity contribution in [1.82, 2.24) is 24.9 Å². The summed E-state index contributed by atoms with van der Waals surface area (Å²) in [5.41, 5.74) is -0.657. The van der Waals surface area contributed by atoms with Crippen LogP contribution in [0.15, 0.2) is 60.7 Å². The van der Waals surface area contributed by atoms with Crippen LogP contribution >= 0.6 is 0 Å². The molecule has 2 heterocycles. The van der Waals surface area contributed by atoms with Gasteiger partial charge in [0.15, 0.2) is 0 Å². The molecule has 5 amide bonds. The molecule has 55 heavy (non-hydrogen) atoms. The molecule has 16 heteroatoms. The standard InChI is InChI=1S/C39H41N7O9/c1-5-41(19-21-43-35(47)26-11-6-9-24-13-15-28(45(52)53)32(30(24)26)37(43)49)17-8-18-42(39(51)34(40-4)23(2)3)20-22-44-36(48)27-12-7-10-25-14-16-29(46(54)55)33(31(25)27)38(44)50/h6-7,9-16,23,34,40H,5,8,17-22H2,1-4H3/t34-/m1/s1. The van der Waals surface area contributed by atoms with Crippen LogP contribution in [0.25, 0.3) is 21.5 Å². The summed E-state index contributed by atoms with van der Waals surface area (Å²) in [6, 6.07) is 14.8. The van der Waals surface area contributed by atoms with Gasteiger partial charge in [-0.25, -0.2) is 0 Å². The number of imide groups is 2. The fraction of sp³-hybridized carbons (Fsp3) is 0.359. The second-order valence-electron chi connectivity index (χ2n) is 13.9. The highest BCUT2D eigenvalue weighted by Crippen LogP contribution is 2.37. The fourth-order valence-electron chi connectivity index (χ4n) is 7.63. The Labute approximate surface area is 315 Å². The SMILES string of the molecule is CCN(CCCN(CCN1C(=O)c2cccc3ccc([N+](=O)[O-])c(c23)C1=O)C(=O)[C@H](NC)C(C)C)CCN1C(=O)c2cccc3ccc([N+](=O)[O-])c(c23)C1=O. The van der Waals surface area contributed by atoms with Crippen LogP contribution in [-0.2, 0) is 4.79 Å². The largest absolute Gasteiger partial charge is 0.339 e. The molecule has 0 bridgehead atoms. The van der Waals surface area contributed by atoms with Gasteiger partial charge >= 0.3 is 0 Å². The molecule has 286 valence electrons. The van der Waals surface area contributed by atoms with E-state index in [-0.39, 0.29) is 83.3 Å². The Bertz CT molecular complexity index is 2270. The Kier molecular flexibility index (Phi) is 11.0. The van der Waals surface area contributed by atoms with Gasteiger partial charge in [-0.05, 0) is 67.5 Å². The van der Waals surface area contributed by atoms with E-state index in [2.05, 4.69) is 5.32 Å². The summed E-state index contributed by atoms with van der Waals surface area (Å²) in [5, 5.41) is 28.5. The van der Waals surface area contributed by atoms with Gasteiger partial charge in [-0.3, -0.25) is 54.0 Å². The molecule has 0 spiro atoms. The lowest BCUT2D eigenvalue weighted by Crippen LogP contribution is -2.52. The number of nitrogens with one attached hydrogen (secondary N) is 1. The third-order valence-electron chi connectivity index (χ3n) is 10.4. The number of hydrogen-bond acceptors (Lipinski definition) is 11. The molecular weight excluding hydrogens is 710 g/mol. The zero-order chi connectivity index (χ0) is 39.7. The Morgan fingerprint density at radius 3 is 1.64 bits per heavy atom. The minimum absolute atomic E-state index is 0.0231. The van der Waals surface area contributed by atoms with Gasteiger partial charge in [-0.1, -0.05) is 45.0 Å². The van der Waals surface area contributed by atoms with Crippen molar-refractivity contribution in [3.8, 4) is 0 Å². The molecule has 16 nitrogen and oxygen atoms in total. The van der Waals surface area contributed by atoms with Crippen LogP contribution in [0.3, 0.4) is 0 Å². The number of nitro groups is 2. The number of nitro benzene ring substituents is 2. The van der Waals surface area contributed by atoms with Crippen molar-refractivity contribution >= 4 is 62.5 Å². The lowest BCUT2D eigenvalue weighted by Gasteiger charge is -2.33. The van der Waals surface area contributed by atoms with Crippen molar-refractivity contribution in [1.29, 1.82) is 0 Å². The molecule has 1 N–H and O–H groups in total. The number of carbonyl (C=O) groups is 5. The normalized spacial score (nSPS) is 14.4. The van der Waals surface area contributed by atoms with Crippen LogP contribution in [0, 0.1) is 26.1 Å². The topological polar surface area (TPSA) is 197 Å². The fourth-order valence-corrected chi connectivity index (χ4v) is 7.63. The summed E-state index contributed by atoms with van der Waals surface area (Å²) >= 11 is 0. The van der Waals surface area contributed by atoms with Gasteiger partial charge in [0.05, 0.1) is 15.9 Å². The summed E-state index contributed by atoms with van der Waals surface area (Å²) in [7, 11) is 1.67. The monoisotopic (exact) mass is 751 g/mol. The predicted octanol–water partition coefficient (Wildman–Crippen LogP) is 4.49. The third kappa shape index (κ3) is 7.01. The third-order valence-corrected chi connectivity index (χ3v) is 10.4. The molecule has 0 unspecified atom stereocenters. The summed E-state index contributed by atoms with van der Waals surface area (Å²) in [5.74, 6) is -3.01. The van der Waals surface area contributed by atoms with Gasteiger partial charge in [0.25, 0.3) is 35.0 Å². The molecule has 1 atom stereocenters. The first-order chi connectivity index (χ1) is 26.3. The number of benzene rings is 4. The smallest absolute Gasteiger partial charge is 0.282 e. The molecule has 4 aromatic carbocycles. The maximum atomic E-state index is 13.9. The maximum Gasteiger partial charge on any atom is 0.282 e. The molecule has 0 fully saturated rings. The highest BCUT2D eigenvalue weighted by molar-refractivity contribution is 6.28. The van der Waals surface area contributed by atoms with Crippen LogP contribution in [0.2, 0.25) is 0 Å². The van der Waals surface area contributed by atoms with Crippen LogP contribution < -0.4 is 5.32 Å². The number of hydrogen-bond donors (Lipinski definition) is 1. The average Bonchev–Trinajstić information content (AvgIpc) is 3.16. The van der Waals surface area contributed by atoms with Gasteiger partial charge in [-0.15, -0.1) is 0 Å². The number of likely N-dealkylation sites (N-methyl/N-ethyl adjacent to an activating group) is 2. The van der Waals surface area contributed by atoms with Gasteiger partial charge < -0.3 is 15.1 Å². The summed E-state index contributed by atoms with van der Waals surface area (Å²) < 4.78 is 0. The van der Waals surface area contributed by atoms with Crippen molar-refractivity contribution in [2.24, 2.45) is 5.92 Å². The van der Waals surface area contributed by atoms with Crippen LogP contribution in [0.1, 0.15) is 68.6 Å². The van der Waals surface area contributed by atoms with E-state index in [0.717, 1.165) is 9.80 Å². The molecular formula is C39H41N7O9. The molecule has 0 aliphatic carbocycles. The number of rotatable bonds is 16. The Balaban J connectivity index is 1.16. The first-order valence-electron chi connectivity index (χ1n) is 18.1. The first kappa shape index (κ1) is 38.6. The molecule has 0 radical (unpaired) electrons. The highest BCUT2D eigenvalue weighted by atomic mass is 16.6. The molecule has 0 saturated heterocycles. The molecule has 2 aliphatic rings. The maximum absolute atomic E-state index is 13.9. The van der Waals surface area contributed by atoms with E-state index in [4.69, 9.17) is 0 Å². The van der Waals surface area contributed by atoms with E-state index in [9.17, 15) is 44.2 Å². The van der Waals surface area contributed by atoms with Crippen molar-refractivity contribution in [3.63, 3.8) is 0 Å². The van der Waals surface area contributed by atoms with E-state index >= 15 is 0 Å². The summed E-state index contributed by atoms with van der Waals surface area (Å²) in [6.07, 6.45) is 0.444. The zero-order valence-electron chi connectivity index (χ0n) is 30.9. The quantitative estimate of drug-likeness (QED) is 0.0963. The van der Waals surface area contributed by atoms with Crippen molar-refractivity contribution in [3.05, 3.63) is 103 Å². The predicted molar refractivity (Wildman–Crippen MR) is 203 cm³/mol. The van der Waals surface area contributed by atoms with E-state index in [1.807, 2.05) is 25.7 Å². The van der Waals surface area contributed by atoms with Gasteiger partial charge in [-0.2, -0.15) is 0 Å². The first-order valence-corrected chi connectivity index (χ1v) is 18.1. The molecule has 0 saturated carbocycles. The zero-order valence-corrected chi connectivity index (χ0v) is 30.9. The van der Waals surface area contributed by atoms with E-state index in [1.54, 1.807) is 42.3 Å². The highest BCUT2D eigenvalue weighted by Gasteiger charge is 2.40. The Morgan fingerprint density at radius 2 is 1.20 bits per heavy atom. The second kappa shape index (κ2) is 15.7. The van der Waals surface area contributed by atoms with E-state index in [0.29, 0.717) is 30.3 Å². The summed E-state index contributed by atoms with van der Waals surface area (Å²) in [4.78, 5) is 96.6.